The van der Waals surface area contributed by atoms with Gasteiger partial charge in [0.25, 0.3) is 11.7 Å². The molecule has 0 aromatic heterocycles. The molecule has 1 saturated heterocycles. The van der Waals surface area contributed by atoms with E-state index in [1.807, 2.05) is 38.1 Å². The van der Waals surface area contributed by atoms with Crippen LogP contribution >= 0.6 is 0 Å². The monoisotopic (exact) mass is 365 g/mol. The molecule has 1 unspecified atom stereocenters. The molecule has 1 amide bonds. The molecule has 5 nitrogen and oxygen atoms in total. The number of carbonyl (C=O) groups is 2. The molecule has 1 atom stereocenters. The number of hydrogen-bond acceptors (Lipinski definition) is 4. The molecule has 3 rings (SSSR count). The quantitative estimate of drug-likeness (QED) is 0.497. The van der Waals surface area contributed by atoms with Crippen molar-refractivity contribution >= 4 is 17.4 Å². The Balaban J connectivity index is 2.24. The van der Waals surface area contributed by atoms with Crippen molar-refractivity contribution in [1.29, 1.82) is 0 Å². The molecule has 0 bridgehead atoms. The van der Waals surface area contributed by atoms with Crippen LogP contribution in [0.15, 0.2) is 54.1 Å². The number of aliphatic hydroxyl groups is 1. The van der Waals surface area contributed by atoms with E-state index < -0.39 is 17.7 Å². The maximum Gasteiger partial charge on any atom is 0.295 e. The van der Waals surface area contributed by atoms with Gasteiger partial charge in [0.2, 0.25) is 0 Å². The van der Waals surface area contributed by atoms with Gasteiger partial charge in [0.15, 0.2) is 0 Å². The number of rotatable bonds is 5. The van der Waals surface area contributed by atoms with Gasteiger partial charge in [-0.1, -0.05) is 48.9 Å². The molecular weight excluding hydrogens is 342 g/mol. The third-order valence-corrected chi connectivity index (χ3v) is 4.72. The van der Waals surface area contributed by atoms with Crippen LogP contribution in [0.3, 0.4) is 0 Å². The highest BCUT2D eigenvalue weighted by Gasteiger charge is 2.45. The number of hydrogen-bond donors (Lipinski definition) is 1. The highest BCUT2D eigenvalue weighted by Crippen LogP contribution is 2.40. The standard InChI is InChI=1S/C22H23NO4/c1-4-12-23-19(15-9-7-8-14(2)13-15)18(21(25)22(23)26)20(24)16-10-5-6-11-17(16)27-3/h5-11,13,19,24H,4,12H2,1-3H3/b20-18-. The van der Waals surface area contributed by atoms with Gasteiger partial charge in [-0.15, -0.1) is 0 Å². The molecule has 2 aromatic rings. The zero-order chi connectivity index (χ0) is 19.6. The van der Waals surface area contributed by atoms with Crippen LogP contribution in [0.25, 0.3) is 5.76 Å². The van der Waals surface area contributed by atoms with Crippen LogP contribution < -0.4 is 4.74 Å². The summed E-state index contributed by atoms with van der Waals surface area (Å²) in [6, 6.07) is 14.0. The summed E-state index contributed by atoms with van der Waals surface area (Å²) in [6.07, 6.45) is 0.712. The highest BCUT2D eigenvalue weighted by atomic mass is 16.5. The fraction of sp³-hybridized carbons (Fsp3) is 0.273. The minimum absolute atomic E-state index is 0.101. The minimum Gasteiger partial charge on any atom is -0.507 e. The van der Waals surface area contributed by atoms with E-state index in [0.29, 0.717) is 24.3 Å². The Kier molecular flexibility index (Phi) is 5.31. The van der Waals surface area contributed by atoms with Crippen LogP contribution in [0.4, 0.5) is 0 Å². The average molecular weight is 365 g/mol. The molecule has 0 radical (unpaired) electrons. The second-order valence-corrected chi connectivity index (χ2v) is 6.61. The number of methoxy groups -OCH3 is 1. The number of nitrogens with zero attached hydrogens (tertiary/aromatic N) is 1. The van der Waals surface area contributed by atoms with E-state index in [4.69, 9.17) is 4.74 Å². The topological polar surface area (TPSA) is 66.8 Å². The molecule has 1 aliphatic heterocycles. The molecule has 2 aromatic carbocycles. The molecule has 27 heavy (non-hydrogen) atoms. The van der Waals surface area contributed by atoms with Gasteiger partial charge in [-0.25, -0.2) is 0 Å². The third kappa shape index (κ3) is 3.33. The Labute approximate surface area is 158 Å². The number of aliphatic hydroxyl groups excluding tert-OH is 1. The number of benzene rings is 2. The van der Waals surface area contributed by atoms with Gasteiger partial charge in [0.05, 0.1) is 24.3 Å². The lowest BCUT2D eigenvalue weighted by Crippen LogP contribution is -2.30. The first-order valence-electron chi connectivity index (χ1n) is 8.98. The molecule has 1 aliphatic rings. The predicted molar refractivity (Wildman–Crippen MR) is 103 cm³/mol. The summed E-state index contributed by atoms with van der Waals surface area (Å²) in [6.45, 7) is 4.34. The summed E-state index contributed by atoms with van der Waals surface area (Å²) in [5.74, 6) is -1.02. The van der Waals surface area contributed by atoms with Crippen LogP contribution in [0.5, 0.6) is 5.75 Å². The number of aryl methyl sites for hydroxylation is 1. The minimum atomic E-state index is -0.668. The number of likely N-dealkylation sites (tertiary alicyclic amines) is 1. The van der Waals surface area contributed by atoms with Gasteiger partial charge in [-0.2, -0.15) is 0 Å². The molecule has 5 heteroatoms. The lowest BCUT2D eigenvalue weighted by molar-refractivity contribution is -0.139. The number of para-hydroxylation sites is 1. The summed E-state index contributed by atoms with van der Waals surface area (Å²) in [5, 5.41) is 11.0. The smallest absolute Gasteiger partial charge is 0.295 e. The number of Topliss-reactive ketones (excluding diaryl/α,β-unsaturated/α-hetero) is 1. The second-order valence-electron chi connectivity index (χ2n) is 6.61. The summed E-state index contributed by atoms with van der Waals surface area (Å²) >= 11 is 0. The SMILES string of the molecule is CCCN1C(=O)C(=O)/C(=C(\O)c2ccccc2OC)C1c1cccc(C)c1. The Morgan fingerprint density at radius 3 is 2.56 bits per heavy atom. The third-order valence-electron chi connectivity index (χ3n) is 4.72. The van der Waals surface area contributed by atoms with Gasteiger partial charge in [0.1, 0.15) is 11.5 Å². The summed E-state index contributed by atoms with van der Waals surface area (Å²) in [5.41, 5.74) is 2.32. The summed E-state index contributed by atoms with van der Waals surface area (Å²) in [4.78, 5) is 27.0. The van der Waals surface area contributed by atoms with Gasteiger partial charge in [-0.05, 0) is 31.0 Å². The Morgan fingerprint density at radius 2 is 1.89 bits per heavy atom. The van der Waals surface area contributed by atoms with Crippen LogP contribution in [-0.4, -0.2) is 35.4 Å². The zero-order valence-electron chi connectivity index (χ0n) is 15.7. The lowest BCUT2D eigenvalue weighted by atomic mass is 9.94. The number of carbonyl (C=O) groups excluding carboxylic acids is 2. The van der Waals surface area contributed by atoms with Crippen molar-refractivity contribution in [1.82, 2.24) is 4.90 Å². The van der Waals surface area contributed by atoms with E-state index in [1.54, 1.807) is 24.3 Å². The molecular formula is C22H23NO4. The lowest BCUT2D eigenvalue weighted by Gasteiger charge is -2.25. The molecule has 0 spiro atoms. The highest BCUT2D eigenvalue weighted by molar-refractivity contribution is 6.46. The van der Waals surface area contributed by atoms with Crippen LogP contribution in [-0.2, 0) is 9.59 Å². The van der Waals surface area contributed by atoms with Gasteiger partial charge in [-0.3, -0.25) is 9.59 Å². The average Bonchev–Trinajstić information content (AvgIpc) is 2.92. The van der Waals surface area contributed by atoms with E-state index in [-0.39, 0.29) is 11.3 Å². The van der Waals surface area contributed by atoms with Gasteiger partial charge in [0, 0.05) is 6.54 Å². The molecule has 1 fully saturated rings. The summed E-state index contributed by atoms with van der Waals surface area (Å²) < 4.78 is 5.32. The van der Waals surface area contributed by atoms with Gasteiger partial charge < -0.3 is 14.7 Å². The maximum atomic E-state index is 12.8. The number of amides is 1. The molecule has 0 saturated carbocycles. The first-order valence-corrected chi connectivity index (χ1v) is 8.98. The Hall–Kier alpha value is -3.08. The van der Waals surface area contributed by atoms with Crippen molar-refractivity contribution < 1.29 is 19.4 Å². The molecule has 140 valence electrons. The second kappa shape index (κ2) is 7.66. The van der Waals surface area contributed by atoms with E-state index in [9.17, 15) is 14.7 Å². The Morgan fingerprint density at radius 1 is 1.15 bits per heavy atom. The van der Waals surface area contributed by atoms with E-state index in [1.165, 1.54) is 12.0 Å². The van der Waals surface area contributed by atoms with E-state index in [2.05, 4.69) is 0 Å². The van der Waals surface area contributed by atoms with E-state index in [0.717, 1.165) is 11.1 Å². The van der Waals surface area contributed by atoms with E-state index >= 15 is 0 Å². The van der Waals surface area contributed by atoms with Crippen molar-refractivity contribution in [3.8, 4) is 5.75 Å². The van der Waals surface area contributed by atoms with Gasteiger partial charge >= 0.3 is 0 Å². The van der Waals surface area contributed by atoms with Crippen molar-refractivity contribution in [3.05, 3.63) is 70.8 Å². The Bertz CT molecular complexity index is 916. The predicted octanol–water partition coefficient (Wildman–Crippen LogP) is 3.84. The molecule has 1 N–H and O–H groups in total. The molecule has 0 aliphatic carbocycles. The van der Waals surface area contributed by atoms with Crippen molar-refractivity contribution in [3.63, 3.8) is 0 Å². The fourth-order valence-corrected chi connectivity index (χ4v) is 3.52. The van der Waals surface area contributed by atoms with Crippen molar-refractivity contribution in [2.75, 3.05) is 13.7 Å². The zero-order valence-corrected chi connectivity index (χ0v) is 15.7. The number of ketones is 1. The first-order chi connectivity index (χ1) is 13.0. The number of ether oxygens (including phenoxy) is 1. The normalized spacial score (nSPS) is 18.8. The first kappa shape index (κ1) is 18.7. The van der Waals surface area contributed by atoms with Crippen LogP contribution in [0.1, 0.15) is 36.1 Å². The van der Waals surface area contributed by atoms with Crippen LogP contribution in [0, 0.1) is 6.92 Å². The molecule has 1 heterocycles. The largest absolute Gasteiger partial charge is 0.507 e. The van der Waals surface area contributed by atoms with Crippen LogP contribution in [0.2, 0.25) is 0 Å². The maximum absolute atomic E-state index is 12.8. The van der Waals surface area contributed by atoms with Crippen molar-refractivity contribution in [2.24, 2.45) is 0 Å². The summed E-state index contributed by atoms with van der Waals surface area (Å²) in [7, 11) is 1.50. The van der Waals surface area contributed by atoms with Crippen molar-refractivity contribution in [2.45, 2.75) is 26.3 Å². The fourth-order valence-electron chi connectivity index (χ4n) is 3.52.